The summed E-state index contributed by atoms with van der Waals surface area (Å²) < 4.78 is 0. The van der Waals surface area contributed by atoms with E-state index in [-0.39, 0.29) is 0 Å². The van der Waals surface area contributed by atoms with Gasteiger partial charge in [-0.2, -0.15) is 5.10 Å². The van der Waals surface area contributed by atoms with Crippen LogP contribution in [0.25, 0.3) is 0 Å². The van der Waals surface area contributed by atoms with Gasteiger partial charge in [-0.3, -0.25) is 5.43 Å². The van der Waals surface area contributed by atoms with Gasteiger partial charge in [0.2, 0.25) is 0 Å². The highest BCUT2D eigenvalue weighted by Gasteiger charge is 2.82. The summed E-state index contributed by atoms with van der Waals surface area (Å²) in [5.41, 5.74) is 9.73. The van der Waals surface area contributed by atoms with Crippen molar-refractivity contribution in [3.8, 4) is 0 Å². The van der Waals surface area contributed by atoms with E-state index in [9.17, 15) is 0 Å². The van der Waals surface area contributed by atoms with Gasteiger partial charge in [0.15, 0.2) is 5.11 Å². The van der Waals surface area contributed by atoms with Gasteiger partial charge in [-0.05, 0) is 54.1 Å². The van der Waals surface area contributed by atoms with Crippen LogP contribution in [0, 0.1) is 47.3 Å². The van der Waals surface area contributed by atoms with Crippen LogP contribution in [0.5, 0.6) is 0 Å². The van der Waals surface area contributed by atoms with Crippen molar-refractivity contribution in [3.05, 3.63) is 0 Å². The van der Waals surface area contributed by atoms with Crippen LogP contribution in [0.4, 0.5) is 0 Å². The van der Waals surface area contributed by atoms with Crippen molar-refractivity contribution in [3.63, 3.8) is 0 Å². The molecule has 0 amide bonds. The Bertz CT molecular complexity index is 476. The summed E-state index contributed by atoms with van der Waals surface area (Å²) in [6, 6.07) is 0. The molecule has 6 fully saturated rings. The zero-order valence-corrected chi connectivity index (χ0v) is 11.6. The quantitative estimate of drug-likeness (QED) is 0.436. The number of hydrogen-bond acceptors (Lipinski definition) is 2. The predicted molar refractivity (Wildman–Crippen MR) is 72.6 cm³/mol. The molecular formula is C12H14BrN3S. The van der Waals surface area contributed by atoms with E-state index in [4.69, 9.17) is 18.0 Å². The summed E-state index contributed by atoms with van der Waals surface area (Å²) >= 11 is 8.82. The Kier molecular flexibility index (Phi) is 1.55. The van der Waals surface area contributed by atoms with Gasteiger partial charge >= 0.3 is 0 Å². The van der Waals surface area contributed by atoms with Crippen LogP contribution in [0.1, 0.15) is 6.42 Å². The Labute approximate surface area is 114 Å². The SMILES string of the molecule is NC(=S)N/N=C1\[C@@H]2[C@H]3C[C@@H]4[C@@H]5[C@@H](Br)[C@@H]([C@@H]1[C@@H]35)[C@@H]42. The minimum absolute atomic E-state index is 0.297. The zero-order valence-electron chi connectivity index (χ0n) is 9.21. The van der Waals surface area contributed by atoms with E-state index in [0.717, 1.165) is 52.2 Å². The normalized spacial score (nSPS) is 65.7. The van der Waals surface area contributed by atoms with Crippen molar-refractivity contribution in [1.82, 2.24) is 5.43 Å². The molecule has 3 N–H and O–H groups in total. The van der Waals surface area contributed by atoms with Crippen molar-refractivity contribution in [1.29, 1.82) is 0 Å². The van der Waals surface area contributed by atoms with Crippen LogP contribution in [0.3, 0.4) is 0 Å². The van der Waals surface area contributed by atoms with Crippen molar-refractivity contribution in [2.24, 2.45) is 58.2 Å². The molecule has 5 heteroatoms. The average molecular weight is 312 g/mol. The fourth-order valence-corrected chi connectivity index (χ4v) is 7.97. The molecule has 0 spiro atoms. The van der Waals surface area contributed by atoms with Crippen molar-refractivity contribution < 1.29 is 0 Å². The number of nitrogens with zero attached hydrogens (tertiary/aromatic N) is 1. The molecule has 0 heterocycles. The number of nitrogens with one attached hydrogen (secondary N) is 1. The number of hydrogen-bond donors (Lipinski definition) is 2. The minimum atomic E-state index is 0.297. The molecule has 6 saturated carbocycles. The van der Waals surface area contributed by atoms with Crippen molar-refractivity contribution in [2.45, 2.75) is 11.2 Å². The second-order valence-electron chi connectivity index (χ2n) is 6.38. The van der Waals surface area contributed by atoms with Gasteiger partial charge in [-0.15, -0.1) is 0 Å². The number of halogens is 1. The molecule has 17 heavy (non-hydrogen) atoms. The summed E-state index contributed by atoms with van der Waals surface area (Å²) in [6.07, 6.45) is 1.46. The first-order valence-corrected chi connectivity index (χ1v) is 7.79. The fourth-order valence-electron chi connectivity index (χ4n) is 6.49. The summed E-state index contributed by atoms with van der Waals surface area (Å²) in [5.74, 6) is 7.11. The molecular weight excluding hydrogens is 298 g/mol. The van der Waals surface area contributed by atoms with E-state index < -0.39 is 0 Å². The maximum atomic E-state index is 5.49. The van der Waals surface area contributed by atoms with E-state index in [1.54, 1.807) is 0 Å². The van der Waals surface area contributed by atoms with Crippen LogP contribution in [-0.2, 0) is 0 Å². The highest BCUT2D eigenvalue weighted by Crippen LogP contribution is 2.82. The molecule has 0 aromatic carbocycles. The topological polar surface area (TPSA) is 50.4 Å². The molecule has 6 aliphatic carbocycles. The Hall–Kier alpha value is -0.160. The molecule has 6 bridgehead atoms. The lowest BCUT2D eigenvalue weighted by atomic mass is 9.71. The lowest BCUT2D eigenvalue weighted by Gasteiger charge is -2.32. The lowest BCUT2D eigenvalue weighted by Crippen LogP contribution is -2.30. The first kappa shape index (κ1) is 9.73. The average Bonchev–Trinajstić information content (AvgIpc) is 2.97. The van der Waals surface area contributed by atoms with Crippen molar-refractivity contribution >= 4 is 39.0 Å². The minimum Gasteiger partial charge on any atom is -0.375 e. The van der Waals surface area contributed by atoms with E-state index in [1.807, 2.05) is 0 Å². The molecule has 0 radical (unpaired) electrons. The Morgan fingerprint density at radius 1 is 1.24 bits per heavy atom. The Morgan fingerprint density at radius 3 is 2.71 bits per heavy atom. The number of thiocarbonyl (C=S) groups is 1. The monoisotopic (exact) mass is 311 g/mol. The molecule has 90 valence electrons. The standard InChI is InChI=1S/C12H14BrN3S/c13-10-6-2-1-3-4(6)9-8(10)5(2)7(3)11(9)15-16-12(14)17/h2-10H,1H2,(H3,14,16,17)/b15-11+/t2-,3-,4-,5-,6-,7+,8+,9-,10+/m0/s1. The molecule has 0 aliphatic heterocycles. The third-order valence-electron chi connectivity index (χ3n) is 6.34. The van der Waals surface area contributed by atoms with Crippen LogP contribution in [-0.4, -0.2) is 15.7 Å². The maximum absolute atomic E-state index is 5.49. The second kappa shape index (κ2) is 2.72. The van der Waals surface area contributed by atoms with E-state index in [0.29, 0.717) is 5.11 Å². The number of hydrazone groups is 1. The third kappa shape index (κ3) is 0.820. The van der Waals surface area contributed by atoms with Gasteiger partial charge in [-0.1, -0.05) is 15.9 Å². The molecule has 6 aliphatic rings. The summed E-state index contributed by atoms with van der Waals surface area (Å²) in [5, 5.41) is 4.85. The second-order valence-corrected chi connectivity index (χ2v) is 7.88. The molecule has 0 saturated heterocycles. The Balaban J connectivity index is 1.62. The van der Waals surface area contributed by atoms with Crippen LogP contribution >= 0.6 is 28.1 Å². The molecule has 6 rings (SSSR count). The lowest BCUT2D eigenvalue weighted by molar-refractivity contribution is 0.132. The van der Waals surface area contributed by atoms with Crippen LogP contribution < -0.4 is 11.2 Å². The van der Waals surface area contributed by atoms with Crippen LogP contribution in [0.2, 0.25) is 0 Å². The van der Waals surface area contributed by atoms with E-state index in [1.165, 1.54) is 12.1 Å². The highest BCUT2D eigenvalue weighted by atomic mass is 79.9. The van der Waals surface area contributed by atoms with E-state index in [2.05, 4.69) is 26.5 Å². The number of rotatable bonds is 1. The summed E-state index contributed by atoms with van der Waals surface area (Å²) in [7, 11) is 0. The first-order valence-electron chi connectivity index (χ1n) is 6.47. The zero-order chi connectivity index (χ0) is 11.5. The van der Waals surface area contributed by atoms with Gasteiger partial charge in [0.05, 0.1) is 0 Å². The van der Waals surface area contributed by atoms with Gasteiger partial charge < -0.3 is 5.73 Å². The number of alkyl halides is 1. The molecule has 0 aromatic heterocycles. The molecule has 9 atom stereocenters. The van der Waals surface area contributed by atoms with Gasteiger partial charge in [0.1, 0.15) is 0 Å². The van der Waals surface area contributed by atoms with E-state index >= 15 is 0 Å². The van der Waals surface area contributed by atoms with Gasteiger partial charge in [0, 0.05) is 22.4 Å². The molecule has 0 aromatic rings. The largest absolute Gasteiger partial charge is 0.375 e. The predicted octanol–water partition coefficient (Wildman–Crippen LogP) is 1.33. The smallest absolute Gasteiger partial charge is 0.184 e. The van der Waals surface area contributed by atoms with Crippen LogP contribution in [0.15, 0.2) is 5.10 Å². The highest BCUT2D eigenvalue weighted by molar-refractivity contribution is 9.09. The maximum Gasteiger partial charge on any atom is 0.184 e. The molecule has 0 unspecified atom stereocenters. The van der Waals surface area contributed by atoms with Gasteiger partial charge in [0.25, 0.3) is 0 Å². The van der Waals surface area contributed by atoms with Gasteiger partial charge in [-0.25, -0.2) is 0 Å². The molecule has 3 nitrogen and oxygen atoms in total. The Morgan fingerprint density at radius 2 is 2.00 bits per heavy atom. The summed E-state index contributed by atoms with van der Waals surface area (Å²) in [6.45, 7) is 0. The number of nitrogens with two attached hydrogens (primary N) is 1. The third-order valence-corrected chi connectivity index (χ3v) is 7.65. The first-order chi connectivity index (χ1) is 8.20. The summed E-state index contributed by atoms with van der Waals surface area (Å²) in [4.78, 5) is 0.764. The van der Waals surface area contributed by atoms with Crippen molar-refractivity contribution in [2.75, 3.05) is 0 Å². The fraction of sp³-hybridized carbons (Fsp3) is 0.833.